The number of thiazole rings is 4. The minimum absolute atomic E-state index is 0.213. The van der Waals surface area contributed by atoms with Crippen molar-refractivity contribution in [1.82, 2.24) is 55.0 Å². The third-order valence-corrected chi connectivity index (χ3v) is 19.1. The number of nitriles is 1. The van der Waals surface area contributed by atoms with Crippen molar-refractivity contribution in [2.24, 2.45) is 17.8 Å². The van der Waals surface area contributed by atoms with Gasteiger partial charge in [0.2, 0.25) is 0 Å². The molecule has 10 aromatic rings. The molecule has 3 atom stereocenters. The van der Waals surface area contributed by atoms with E-state index in [9.17, 15) is 9.59 Å². The van der Waals surface area contributed by atoms with Gasteiger partial charge in [-0.05, 0) is 150 Å². The summed E-state index contributed by atoms with van der Waals surface area (Å²) in [6, 6.07) is 24.5. The highest BCUT2D eigenvalue weighted by Crippen LogP contribution is 2.34. The molecule has 3 fully saturated rings. The zero-order chi connectivity index (χ0) is 60.5. The number of hydrogen-bond donors (Lipinski definition) is 5. The number of benzene rings is 4. The van der Waals surface area contributed by atoms with E-state index in [-0.39, 0.29) is 12.2 Å². The number of nitrogens with one attached hydrogen (secondary N) is 5. The van der Waals surface area contributed by atoms with Gasteiger partial charge < -0.3 is 40.1 Å². The van der Waals surface area contributed by atoms with Crippen LogP contribution in [0, 0.1) is 29.2 Å². The Balaban J connectivity index is 0.000000132. The van der Waals surface area contributed by atoms with E-state index < -0.39 is 11.2 Å². The molecule has 3 aliphatic rings. The summed E-state index contributed by atoms with van der Waals surface area (Å²) in [5.74, 6) is 1.35. The van der Waals surface area contributed by atoms with Crippen LogP contribution in [-0.2, 0) is 9.47 Å². The van der Waals surface area contributed by atoms with Gasteiger partial charge in [-0.15, -0.1) is 11.3 Å². The molecule has 13 rings (SSSR count). The monoisotopic (exact) mass is 1380 g/mol. The molecule has 3 unspecified atom stereocenters. The molecule has 0 aliphatic carbocycles. The second-order valence-corrected chi connectivity index (χ2v) is 29.6. The average Bonchev–Trinajstić information content (AvgIpc) is 4.37. The van der Waals surface area contributed by atoms with Crippen LogP contribution in [0.4, 0.5) is 25.0 Å². The zero-order valence-corrected chi connectivity index (χ0v) is 55.5. The Morgan fingerprint density at radius 1 is 0.581 bits per heavy atom. The summed E-state index contributed by atoms with van der Waals surface area (Å²) in [5, 5.41) is 35.7. The number of fused-ring (bicyclic) bond motifs is 4. The summed E-state index contributed by atoms with van der Waals surface area (Å²) < 4.78 is 18.2. The number of rotatable bonds is 11. The maximum absolute atomic E-state index is 12.2. The van der Waals surface area contributed by atoms with Gasteiger partial charge in [0.25, 0.3) is 0 Å². The van der Waals surface area contributed by atoms with Crippen LogP contribution in [-0.4, -0.2) is 137 Å². The molecule has 2 amide bonds. The molecular formula is C60H66Br2ClN15O4S4. The summed E-state index contributed by atoms with van der Waals surface area (Å²) in [7, 11) is 0. The van der Waals surface area contributed by atoms with Crippen molar-refractivity contribution < 1.29 is 19.1 Å². The van der Waals surface area contributed by atoms with Crippen LogP contribution in [0.2, 0.25) is 4.47 Å². The molecule has 4 aromatic carbocycles. The highest BCUT2D eigenvalue weighted by molar-refractivity contribution is 9.10. The van der Waals surface area contributed by atoms with Gasteiger partial charge in [-0.1, -0.05) is 89.6 Å². The van der Waals surface area contributed by atoms with Crippen LogP contribution >= 0.6 is 88.8 Å². The second kappa shape index (κ2) is 28.0. The van der Waals surface area contributed by atoms with Crippen molar-refractivity contribution in [1.29, 1.82) is 5.26 Å². The maximum Gasteiger partial charge on any atom is 0.410 e. The molecule has 3 aliphatic heterocycles. The molecule has 5 N–H and O–H groups in total. The molecule has 9 heterocycles. The molecule has 0 bridgehead atoms. The number of H-pyrrole nitrogens is 2. The Kier molecular flexibility index (Phi) is 20.3. The summed E-state index contributed by atoms with van der Waals surface area (Å²) >= 11 is 19.0. The van der Waals surface area contributed by atoms with Crippen molar-refractivity contribution in [3.63, 3.8) is 0 Å². The molecule has 450 valence electrons. The zero-order valence-electron chi connectivity index (χ0n) is 48.3. The van der Waals surface area contributed by atoms with Crippen LogP contribution < -0.4 is 16.0 Å². The van der Waals surface area contributed by atoms with E-state index in [1.54, 1.807) is 43.8 Å². The fourth-order valence-corrected chi connectivity index (χ4v) is 14.6. The summed E-state index contributed by atoms with van der Waals surface area (Å²) in [6.07, 6.45) is 12.2. The summed E-state index contributed by atoms with van der Waals surface area (Å²) in [5.41, 5.74) is 7.48. The number of halogens is 3. The van der Waals surface area contributed by atoms with E-state index in [2.05, 4.69) is 125 Å². The second-order valence-electron chi connectivity index (χ2n) is 23.1. The van der Waals surface area contributed by atoms with Crippen molar-refractivity contribution in [3.8, 4) is 28.4 Å². The minimum Gasteiger partial charge on any atom is -0.444 e. The Hall–Kier alpha value is -6.66. The number of aromatic amines is 2. The van der Waals surface area contributed by atoms with Gasteiger partial charge in [0.05, 0.1) is 53.3 Å². The SMILES string of the molecule is CC(C)(C)OC(=O)N1CCC(CNc2nc3ccc(-c4cn[nH]c4)cc3s2)C1.CC(C)(C)OC(=O)N1CCC(CNc2nc3ccc(Br)cc3s2)C1.Clc1nc2ccc(Br)cc2s1.N#CN1CCC(CNc2nc3ccc(-c4cn[nH]c4)cc3s2)C1. The fourth-order valence-electron chi connectivity index (χ4n) is 9.79. The van der Waals surface area contributed by atoms with Gasteiger partial charge in [-0.3, -0.25) is 10.2 Å². The Labute approximate surface area is 536 Å². The fraction of sp³-hybridized carbons (Fsp3) is 0.383. The molecule has 26 heteroatoms. The number of carbonyl (C=O) groups excluding carboxylic acids is 2. The topological polar surface area (TPSA) is 231 Å². The van der Waals surface area contributed by atoms with Crippen LogP contribution in [0.1, 0.15) is 60.8 Å². The first kappa shape index (κ1) is 62.4. The van der Waals surface area contributed by atoms with E-state index in [0.29, 0.717) is 22.2 Å². The van der Waals surface area contributed by atoms with Crippen LogP contribution in [0.3, 0.4) is 0 Å². The predicted molar refractivity (Wildman–Crippen MR) is 357 cm³/mol. The summed E-state index contributed by atoms with van der Waals surface area (Å²) in [6.45, 7) is 18.5. The first-order valence-corrected chi connectivity index (χ1v) is 33.4. The largest absolute Gasteiger partial charge is 0.444 e. The molecule has 6 aromatic heterocycles. The van der Waals surface area contributed by atoms with E-state index in [1.807, 2.05) is 114 Å². The number of anilines is 3. The third kappa shape index (κ3) is 17.3. The lowest BCUT2D eigenvalue weighted by Gasteiger charge is -2.24. The van der Waals surface area contributed by atoms with Crippen molar-refractivity contribution in [2.45, 2.75) is 72.0 Å². The number of carbonyl (C=O) groups is 2. The molecule has 19 nitrogen and oxygen atoms in total. The number of hydrogen-bond acceptors (Lipinski definition) is 19. The van der Waals surface area contributed by atoms with Gasteiger partial charge in [0.15, 0.2) is 26.1 Å². The van der Waals surface area contributed by atoms with Gasteiger partial charge in [-0.25, -0.2) is 29.5 Å². The van der Waals surface area contributed by atoms with Crippen LogP contribution in [0.25, 0.3) is 63.1 Å². The highest BCUT2D eigenvalue weighted by Gasteiger charge is 2.31. The normalized spacial score (nSPS) is 16.7. The summed E-state index contributed by atoms with van der Waals surface area (Å²) in [4.78, 5) is 47.7. The van der Waals surface area contributed by atoms with Crippen molar-refractivity contribution >= 4 is 157 Å². The maximum atomic E-state index is 12.2. The van der Waals surface area contributed by atoms with Crippen molar-refractivity contribution in [3.05, 3.63) is 111 Å². The average molecular weight is 1380 g/mol. The first-order valence-electron chi connectivity index (χ1n) is 28.1. The number of amides is 2. The number of nitrogens with zero attached hydrogens (tertiary/aromatic N) is 10. The Bertz CT molecular complexity index is 3950. The quantitative estimate of drug-likeness (QED) is 0.0758. The van der Waals surface area contributed by atoms with Gasteiger partial charge >= 0.3 is 12.2 Å². The molecule has 86 heavy (non-hydrogen) atoms. The van der Waals surface area contributed by atoms with E-state index in [0.717, 1.165) is 166 Å². The smallest absolute Gasteiger partial charge is 0.410 e. The first-order chi connectivity index (χ1) is 41.2. The Morgan fingerprint density at radius 2 is 0.977 bits per heavy atom. The van der Waals surface area contributed by atoms with E-state index in [1.165, 1.54) is 11.3 Å². The van der Waals surface area contributed by atoms with E-state index >= 15 is 0 Å². The van der Waals surface area contributed by atoms with Gasteiger partial charge in [0, 0.05) is 91.4 Å². The standard InChI is InChI=1S/C20H25N5O2S.C17H22BrN3O2S.C16H16N6S.C7H3BrClNS/c1-20(2,3)27-19(26)25-7-6-13(12-25)9-21-18-24-16-5-4-14(8-17(16)28-18)15-10-22-23-11-15;1-17(2,3)23-16(22)21-7-6-11(10-21)9-19-15-20-13-5-4-12(18)8-14(13)24-15;17-10-22-4-3-11(9-22)6-18-16-21-14-2-1-12(5-15(14)23-16)13-7-19-20-8-13;8-4-1-2-5-6(3-4)11-7(9)10-5/h4-5,8,10-11,13H,6-7,9,12H2,1-3H3,(H,21,24)(H,22,23);4-5,8,11H,6-7,9-10H2,1-3H3,(H,19,20);1-2,5,7-8,11H,3-4,6,9H2,(H,18,21)(H,19,20);1-3H. The van der Waals surface area contributed by atoms with Crippen LogP contribution in [0.5, 0.6) is 0 Å². The van der Waals surface area contributed by atoms with E-state index in [4.69, 9.17) is 26.3 Å². The van der Waals surface area contributed by atoms with Crippen molar-refractivity contribution in [2.75, 3.05) is 74.9 Å². The molecule has 3 saturated heterocycles. The minimum atomic E-state index is -0.455. The predicted octanol–water partition coefficient (Wildman–Crippen LogP) is 15.7. The number of aromatic nitrogens is 8. The molecule has 0 saturated carbocycles. The number of ether oxygens (including phenoxy) is 2. The Morgan fingerprint density at radius 3 is 1.38 bits per heavy atom. The lowest BCUT2D eigenvalue weighted by molar-refractivity contribution is 0.0278. The third-order valence-electron chi connectivity index (χ3n) is 14.0. The molecule has 0 radical (unpaired) electrons. The van der Waals surface area contributed by atoms with Gasteiger partial charge in [0.1, 0.15) is 11.2 Å². The van der Waals surface area contributed by atoms with Gasteiger partial charge in [-0.2, -0.15) is 15.5 Å². The lowest BCUT2D eigenvalue weighted by Crippen LogP contribution is -2.35. The van der Waals surface area contributed by atoms with Crippen LogP contribution in [0.15, 0.2) is 107 Å². The molecule has 0 spiro atoms. The number of likely N-dealkylation sites (tertiary alicyclic amines) is 3. The highest BCUT2D eigenvalue weighted by atomic mass is 79.9. The molecular weight excluding hydrogens is 1320 g/mol. The lowest BCUT2D eigenvalue weighted by atomic mass is 10.1.